The smallest absolute Gasteiger partial charge is 0.261 e. The number of hydrogen-bond donors (Lipinski definition) is 1. The maximum Gasteiger partial charge on any atom is 0.261 e. The molecule has 1 N–H and O–H groups in total. The zero-order valence-electron chi connectivity index (χ0n) is 9.10. The number of hydrogen-bond acceptors (Lipinski definition) is 4. The van der Waals surface area contributed by atoms with Gasteiger partial charge in [-0.05, 0) is 13.0 Å². The molecule has 1 aliphatic rings. The van der Waals surface area contributed by atoms with E-state index in [-0.39, 0.29) is 12.0 Å². The minimum absolute atomic E-state index is 0.0612. The molecule has 86 valence electrons. The van der Waals surface area contributed by atoms with Gasteiger partial charge < -0.3 is 14.8 Å². The number of nitrogens with zero attached hydrogens (tertiary/aromatic N) is 1. The van der Waals surface area contributed by atoms with Crippen LogP contribution in [0.15, 0.2) is 18.3 Å². The molecule has 2 heterocycles. The molecule has 1 aromatic rings. The lowest BCUT2D eigenvalue weighted by Crippen LogP contribution is -2.27. The number of nitrogens with one attached hydrogen (secondary N) is 1. The van der Waals surface area contributed by atoms with E-state index in [9.17, 15) is 4.79 Å². The summed E-state index contributed by atoms with van der Waals surface area (Å²) in [5.74, 6) is 1.09. The van der Waals surface area contributed by atoms with Crippen LogP contribution in [-0.4, -0.2) is 30.1 Å². The van der Waals surface area contributed by atoms with Crippen molar-refractivity contribution in [2.45, 2.75) is 19.4 Å². The van der Waals surface area contributed by atoms with E-state index in [0.29, 0.717) is 31.2 Å². The molecule has 1 unspecified atom stereocenters. The maximum atomic E-state index is 11.3. The van der Waals surface area contributed by atoms with Gasteiger partial charge in [-0.3, -0.25) is 4.79 Å². The zero-order chi connectivity index (χ0) is 11.4. The highest BCUT2D eigenvalue weighted by atomic mass is 16.5. The number of carbonyl (C=O) groups excluding carboxylic acids is 1. The fourth-order valence-electron chi connectivity index (χ4n) is 1.52. The third kappa shape index (κ3) is 2.42. The van der Waals surface area contributed by atoms with Crippen LogP contribution in [0.1, 0.15) is 13.3 Å². The van der Waals surface area contributed by atoms with Gasteiger partial charge in [-0.2, -0.15) is 0 Å². The summed E-state index contributed by atoms with van der Waals surface area (Å²) in [6.07, 6.45) is 1.88. The van der Waals surface area contributed by atoms with Gasteiger partial charge in [0.2, 0.25) is 5.88 Å². The second-order valence-electron chi connectivity index (χ2n) is 3.45. The Balaban J connectivity index is 1.96. The first-order valence-electron chi connectivity index (χ1n) is 5.33. The molecule has 0 radical (unpaired) electrons. The van der Waals surface area contributed by atoms with Crippen molar-refractivity contribution in [2.24, 2.45) is 0 Å². The standard InChI is InChI=1S/C11H14N2O3/c1-2-15-10-4-3-8(7-13-10)16-9-5-6-12-11(9)14/h3-4,7,9H,2,5-6H2,1H3,(H,12,14). The van der Waals surface area contributed by atoms with Crippen LogP contribution >= 0.6 is 0 Å². The minimum Gasteiger partial charge on any atom is -0.479 e. The van der Waals surface area contributed by atoms with Crippen molar-refractivity contribution in [1.82, 2.24) is 10.3 Å². The third-order valence-electron chi connectivity index (χ3n) is 2.28. The average Bonchev–Trinajstić information content (AvgIpc) is 2.68. The van der Waals surface area contributed by atoms with Crippen LogP contribution in [0.4, 0.5) is 0 Å². The molecule has 0 bridgehead atoms. The second-order valence-corrected chi connectivity index (χ2v) is 3.45. The van der Waals surface area contributed by atoms with Crippen LogP contribution in [-0.2, 0) is 4.79 Å². The summed E-state index contributed by atoms with van der Waals surface area (Å²) in [5, 5.41) is 2.71. The highest BCUT2D eigenvalue weighted by molar-refractivity contribution is 5.83. The van der Waals surface area contributed by atoms with E-state index >= 15 is 0 Å². The first kappa shape index (κ1) is 10.7. The largest absolute Gasteiger partial charge is 0.479 e. The first-order valence-corrected chi connectivity index (χ1v) is 5.33. The quantitative estimate of drug-likeness (QED) is 0.816. The van der Waals surface area contributed by atoms with Gasteiger partial charge in [0.15, 0.2) is 6.10 Å². The number of rotatable bonds is 4. The van der Waals surface area contributed by atoms with E-state index in [4.69, 9.17) is 9.47 Å². The molecule has 1 saturated heterocycles. The summed E-state index contributed by atoms with van der Waals surface area (Å²) in [5.41, 5.74) is 0. The van der Waals surface area contributed by atoms with Crippen molar-refractivity contribution in [3.05, 3.63) is 18.3 Å². The Morgan fingerprint density at radius 3 is 3.00 bits per heavy atom. The summed E-state index contributed by atoms with van der Waals surface area (Å²) in [4.78, 5) is 15.3. The van der Waals surface area contributed by atoms with E-state index in [1.807, 2.05) is 6.92 Å². The molecule has 16 heavy (non-hydrogen) atoms. The Kier molecular flexibility index (Phi) is 3.24. The summed E-state index contributed by atoms with van der Waals surface area (Å²) < 4.78 is 10.7. The van der Waals surface area contributed by atoms with Gasteiger partial charge in [-0.1, -0.05) is 0 Å². The summed E-state index contributed by atoms with van der Waals surface area (Å²) >= 11 is 0. The van der Waals surface area contributed by atoms with Crippen LogP contribution in [0.3, 0.4) is 0 Å². The molecule has 5 nitrogen and oxygen atoms in total. The molecule has 1 aliphatic heterocycles. The van der Waals surface area contributed by atoms with Gasteiger partial charge in [-0.15, -0.1) is 0 Å². The van der Waals surface area contributed by atoms with Crippen LogP contribution < -0.4 is 14.8 Å². The van der Waals surface area contributed by atoms with Crippen molar-refractivity contribution in [2.75, 3.05) is 13.2 Å². The van der Waals surface area contributed by atoms with Crippen molar-refractivity contribution in [3.63, 3.8) is 0 Å². The molecule has 1 atom stereocenters. The Bertz CT molecular complexity index is 364. The molecule has 5 heteroatoms. The lowest BCUT2D eigenvalue weighted by molar-refractivity contribution is -0.124. The predicted molar refractivity (Wildman–Crippen MR) is 57.4 cm³/mol. The van der Waals surface area contributed by atoms with Gasteiger partial charge in [0, 0.05) is 19.0 Å². The Morgan fingerprint density at radius 2 is 2.44 bits per heavy atom. The van der Waals surface area contributed by atoms with Gasteiger partial charge >= 0.3 is 0 Å². The number of carbonyl (C=O) groups is 1. The van der Waals surface area contributed by atoms with Gasteiger partial charge in [0.1, 0.15) is 5.75 Å². The highest BCUT2D eigenvalue weighted by Crippen LogP contribution is 2.17. The van der Waals surface area contributed by atoms with Crippen molar-refractivity contribution in [3.8, 4) is 11.6 Å². The lowest BCUT2D eigenvalue weighted by atomic mass is 10.3. The van der Waals surface area contributed by atoms with Gasteiger partial charge in [0.25, 0.3) is 5.91 Å². The van der Waals surface area contributed by atoms with Crippen molar-refractivity contribution in [1.29, 1.82) is 0 Å². The van der Waals surface area contributed by atoms with Gasteiger partial charge in [-0.25, -0.2) is 4.98 Å². The number of pyridine rings is 1. The SMILES string of the molecule is CCOc1ccc(OC2CCNC2=O)cn1. The van der Waals surface area contributed by atoms with E-state index in [1.54, 1.807) is 18.3 Å². The first-order chi connectivity index (χ1) is 7.79. The van der Waals surface area contributed by atoms with Crippen LogP contribution in [0.25, 0.3) is 0 Å². The monoisotopic (exact) mass is 222 g/mol. The maximum absolute atomic E-state index is 11.3. The predicted octanol–water partition coefficient (Wildman–Crippen LogP) is 0.748. The molecule has 0 aromatic carbocycles. The van der Waals surface area contributed by atoms with Crippen LogP contribution in [0.5, 0.6) is 11.6 Å². The van der Waals surface area contributed by atoms with E-state index in [2.05, 4.69) is 10.3 Å². The van der Waals surface area contributed by atoms with Crippen molar-refractivity contribution < 1.29 is 14.3 Å². The number of aromatic nitrogens is 1. The highest BCUT2D eigenvalue weighted by Gasteiger charge is 2.25. The Hall–Kier alpha value is -1.78. The minimum atomic E-state index is -0.389. The van der Waals surface area contributed by atoms with E-state index in [1.165, 1.54) is 0 Å². The molecule has 0 aliphatic carbocycles. The fraction of sp³-hybridized carbons (Fsp3) is 0.455. The zero-order valence-corrected chi connectivity index (χ0v) is 9.10. The van der Waals surface area contributed by atoms with E-state index in [0.717, 1.165) is 0 Å². The van der Waals surface area contributed by atoms with Crippen LogP contribution in [0.2, 0.25) is 0 Å². The van der Waals surface area contributed by atoms with Gasteiger partial charge in [0.05, 0.1) is 12.8 Å². The van der Waals surface area contributed by atoms with E-state index < -0.39 is 0 Å². The summed E-state index contributed by atoms with van der Waals surface area (Å²) in [6.45, 7) is 3.15. The number of amides is 1. The fourth-order valence-corrected chi connectivity index (χ4v) is 1.52. The molecule has 0 saturated carbocycles. The molecule has 2 rings (SSSR count). The van der Waals surface area contributed by atoms with Crippen LogP contribution in [0, 0.1) is 0 Å². The summed E-state index contributed by atoms with van der Waals surface area (Å²) in [6, 6.07) is 3.48. The molecule has 1 aromatic heterocycles. The third-order valence-corrected chi connectivity index (χ3v) is 2.28. The molecular weight excluding hydrogens is 208 g/mol. The Labute approximate surface area is 93.8 Å². The van der Waals surface area contributed by atoms with Crippen molar-refractivity contribution >= 4 is 5.91 Å². The number of ether oxygens (including phenoxy) is 2. The topological polar surface area (TPSA) is 60.5 Å². The molecule has 0 spiro atoms. The second kappa shape index (κ2) is 4.83. The summed E-state index contributed by atoms with van der Waals surface area (Å²) in [7, 11) is 0. The lowest BCUT2D eigenvalue weighted by Gasteiger charge is -2.10. The molecular formula is C11H14N2O3. The average molecular weight is 222 g/mol. The molecule has 1 fully saturated rings. The molecule has 1 amide bonds. The Morgan fingerprint density at radius 1 is 1.56 bits per heavy atom. The normalized spacial score (nSPS) is 19.3.